The fourth-order valence-electron chi connectivity index (χ4n) is 2.96. The van der Waals surface area contributed by atoms with Gasteiger partial charge in [0, 0.05) is 16.2 Å². The molecule has 0 saturated heterocycles. The average molecular weight is 372 g/mol. The van der Waals surface area contributed by atoms with Crippen molar-refractivity contribution >= 4 is 40.8 Å². The van der Waals surface area contributed by atoms with Crippen molar-refractivity contribution in [1.29, 1.82) is 0 Å². The van der Waals surface area contributed by atoms with E-state index in [9.17, 15) is 9.59 Å². The minimum atomic E-state index is -0.437. The molecule has 0 aromatic heterocycles. The van der Waals surface area contributed by atoms with E-state index in [1.807, 2.05) is 38.1 Å². The van der Waals surface area contributed by atoms with Crippen LogP contribution in [0.1, 0.15) is 22.3 Å². The predicted octanol–water partition coefficient (Wildman–Crippen LogP) is 4.00. The van der Waals surface area contributed by atoms with Gasteiger partial charge in [0.1, 0.15) is 5.75 Å². The molecule has 0 bridgehead atoms. The van der Waals surface area contributed by atoms with Crippen molar-refractivity contribution in [3.05, 3.63) is 57.6 Å². The van der Waals surface area contributed by atoms with E-state index in [0.717, 1.165) is 22.3 Å². The zero-order valence-electron chi connectivity index (χ0n) is 14.7. The maximum absolute atomic E-state index is 12.3. The molecule has 26 heavy (non-hydrogen) atoms. The third kappa shape index (κ3) is 3.58. The molecule has 0 spiro atoms. The molecular formula is C20H18ClNO4. The van der Waals surface area contributed by atoms with Crippen molar-refractivity contribution < 1.29 is 19.1 Å². The van der Waals surface area contributed by atoms with Crippen molar-refractivity contribution in [2.45, 2.75) is 13.8 Å². The molecule has 3 rings (SSSR count). The summed E-state index contributed by atoms with van der Waals surface area (Å²) < 4.78 is 10.1. The van der Waals surface area contributed by atoms with Crippen LogP contribution in [0.5, 0.6) is 5.75 Å². The number of benzene rings is 2. The van der Waals surface area contributed by atoms with Crippen molar-refractivity contribution in [2.24, 2.45) is 0 Å². The number of rotatable bonds is 4. The highest BCUT2D eigenvalue weighted by Crippen LogP contribution is 2.35. The Morgan fingerprint density at radius 3 is 2.54 bits per heavy atom. The zero-order valence-corrected chi connectivity index (χ0v) is 15.4. The number of anilines is 1. The first-order valence-corrected chi connectivity index (χ1v) is 8.40. The zero-order chi connectivity index (χ0) is 18.8. The van der Waals surface area contributed by atoms with Gasteiger partial charge in [0.05, 0.1) is 12.8 Å². The van der Waals surface area contributed by atoms with E-state index in [1.165, 1.54) is 7.11 Å². The van der Waals surface area contributed by atoms with Crippen LogP contribution in [-0.4, -0.2) is 25.6 Å². The molecule has 5 nitrogen and oxygen atoms in total. The molecule has 0 atom stereocenters. The van der Waals surface area contributed by atoms with Gasteiger partial charge in [0.2, 0.25) is 0 Å². The van der Waals surface area contributed by atoms with Gasteiger partial charge in [0.15, 0.2) is 6.61 Å². The number of nitrogens with one attached hydrogen (secondary N) is 1. The number of halogens is 1. The van der Waals surface area contributed by atoms with Gasteiger partial charge in [-0.2, -0.15) is 0 Å². The SMILES string of the molecule is COC(=O)COc1c(C)cc(/C=C2\C(=O)Nc3cc(Cl)ccc32)cc1C. The first-order valence-electron chi connectivity index (χ1n) is 8.03. The first-order chi connectivity index (χ1) is 12.4. The topological polar surface area (TPSA) is 64.6 Å². The van der Waals surface area contributed by atoms with E-state index in [0.29, 0.717) is 22.0 Å². The Morgan fingerprint density at radius 2 is 1.88 bits per heavy atom. The van der Waals surface area contributed by atoms with Gasteiger partial charge in [0.25, 0.3) is 5.91 Å². The Labute approximate surface area is 156 Å². The molecule has 2 aromatic carbocycles. The van der Waals surface area contributed by atoms with Crippen LogP contribution < -0.4 is 10.1 Å². The number of hydrogen-bond acceptors (Lipinski definition) is 4. The lowest BCUT2D eigenvalue weighted by atomic mass is 10.0. The Bertz CT molecular complexity index is 910. The van der Waals surface area contributed by atoms with Gasteiger partial charge >= 0.3 is 5.97 Å². The van der Waals surface area contributed by atoms with E-state index in [-0.39, 0.29) is 12.5 Å². The van der Waals surface area contributed by atoms with Crippen LogP contribution in [-0.2, 0) is 14.3 Å². The number of aryl methyl sites for hydroxylation is 2. The minimum absolute atomic E-state index is 0.144. The number of carbonyl (C=O) groups excluding carboxylic acids is 2. The monoisotopic (exact) mass is 371 g/mol. The lowest BCUT2D eigenvalue weighted by Gasteiger charge is -2.12. The Hall–Kier alpha value is -2.79. The number of esters is 1. The summed E-state index contributed by atoms with van der Waals surface area (Å²) in [5.41, 5.74) is 4.73. The van der Waals surface area contributed by atoms with Gasteiger partial charge in [-0.3, -0.25) is 4.79 Å². The normalized spacial score (nSPS) is 14.2. The largest absolute Gasteiger partial charge is 0.481 e. The smallest absolute Gasteiger partial charge is 0.343 e. The fourth-order valence-corrected chi connectivity index (χ4v) is 3.13. The molecule has 1 amide bonds. The lowest BCUT2D eigenvalue weighted by molar-refractivity contribution is -0.142. The number of methoxy groups -OCH3 is 1. The number of carbonyl (C=O) groups is 2. The average Bonchev–Trinajstić information content (AvgIpc) is 2.88. The summed E-state index contributed by atoms with van der Waals surface area (Å²) in [5, 5.41) is 3.39. The number of hydrogen-bond donors (Lipinski definition) is 1. The van der Waals surface area contributed by atoms with Crippen LogP contribution in [0.4, 0.5) is 5.69 Å². The van der Waals surface area contributed by atoms with E-state index in [4.69, 9.17) is 16.3 Å². The second-order valence-electron chi connectivity index (χ2n) is 6.05. The lowest BCUT2D eigenvalue weighted by Crippen LogP contribution is -2.13. The molecule has 0 aliphatic carbocycles. The van der Waals surface area contributed by atoms with Crippen LogP contribution in [0, 0.1) is 13.8 Å². The Balaban J connectivity index is 1.93. The summed E-state index contributed by atoms with van der Waals surface area (Å²) >= 11 is 5.98. The molecule has 0 radical (unpaired) electrons. The number of amides is 1. The maximum atomic E-state index is 12.3. The third-order valence-corrected chi connectivity index (χ3v) is 4.36. The van der Waals surface area contributed by atoms with E-state index >= 15 is 0 Å². The first kappa shape index (κ1) is 18.0. The van der Waals surface area contributed by atoms with Gasteiger partial charge < -0.3 is 14.8 Å². The van der Waals surface area contributed by atoms with Crippen LogP contribution in [0.3, 0.4) is 0 Å². The molecule has 0 unspecified atom stereocenters. The summed E-state index contributed by atoms with van der Waals surface area (Å²) in [6.45, 7) is 3.64. The third-order valence-electron chi connectivity index (χ3n) is 4.12. The molecule has 134 valence electrons. The van der Waals surface area contributed by atoms with Crippen LogP contribution in [0.15, 0.2) is 30.3 Å². The van der Waals surface area contributed by atoms with Crippen molar-refractivity contribution in [2.75, 3.05) is 19.0 Å². The van der Waals surface area contributed by atoms with E-state index < -0.39 is 5.97 Å². The van der Waals surface area contributed by atoms with Crippen LogP contribution in [0.25, 0.3) is 11.6 Å². The van der Waals surface area contributed by atoms with Gasteiger partial charge in [-0.05, 0) is 60.9 Å². The summed E-state index contributed by atoms with van der Waals surface area (Å²) in [5.74, 6) is 0.0390. The van der Waals surface area contributed by atoms with Crippen LogP contribution >= 0.6 is 11.6 Å². The van der Waals surface area contributed by atoms with Crippen molar-refractivity contribution in [1.82, 2.24) is 0 Å². The standard InChI is InChI=1S/C20H18ClNO4/c1-11-6-13(7-12(2)19(11)26-10-18(23)25-3)8-16-15-5-4-14(21)9-17(15)22-20(16)24/h4-9H,10H2,1-3H3,(H,22,24)/b16-8-. The summed E-state index contributed by atoms with van der Waals surface area (Å²) in [6.07, 6.45) is 1.83. The van der Waals surface area contributed by atoms with Gasteiger partial charge in [-0.1, -0.05) is 17.7 Å². The highest BCUT2D eigenvalue weighted by atomic mass is 35.5. The molecular weight excluding hydrogens is 354 g/mol. The van der Waals surface area contributed by atoms with E-state index in [2.05, 4.69) is 10.1 Å². The quantitative estimate of drug-likeness (QED) is 0.651. The number of fused-ring (bicyclic) bond motifs is 1. The van der Waals surface area contributed by atoms with Gasteiger partial charge in [-0.25, -0.2) is 4.79 Å². The summed E-state index contributed by atoms with van der Waals surface area (Å²) in [7, 11) is 1.32. The Morgan fingerprint density at radius 1 is 1.19 bits per heavy atom. The predicted molar refractivity (Wildman–Crippen MR) is 101 cm³/mol. The maximum Gasteiger partial charge on any atom is 0.343 e. The van der Waals surface area contributed by atoms with Gasteiger partial charge in [-0.15, -0.1) is 0 Å². The van der Waals surface area contributed by atoms with Crippen LogP contribution in [0.2, 0.25) is 5.02 Å². The van der Waals surface area contributed by atoms with Crippen molar-refractivity contribution in [3.8, 4) is 5.75 Å². The molecule has 0 fully saturated rings. The molecule has 2 aromatic rings. The fraction of sp³-hybridized carbons (Fsp3) is 0.200. The second-order valence-corrected chi connectivity index (χ2v) is 6.49. The molecule has 0 saturated carbocycles. The Kier molecular flexibility index (Phi) is 5.00. The summed E-state index contributed by atoms with van der Waals surface area (Å²) in [6, 6.07) is 9.14. The highest BCUT2D eigenvalue weighted by Gasteiger charge is 2.24. The molecule has 1 heterocycles. The minimum Gasteiger partial charge on any atom is -0.481 e. The van der Waals surface area contributed by atoms with E-state index in [1.54, 1.807) is 12.1 Å². The highest BCUT2D eigenvalue weighted by molar-refractivity contribution is 6.36. The van der Waals surface area contributed by atoms with Crippen molar-refractivity contribution in [3.63, 3.8) is 0 Å². The molecule has 1 aliphatic rings. The summed E-state index contributed by atoms with van der Waals surface area (Å²) in [4.78, 5) is 23.6. The molecule has 6 heteroatoms. The molecule has 1 aliphatic heterocycles. The second kappa shape index (κ2) is 7.22. The molecule has 1 N–H and O–H groups in total. The number of ether oxygens (including phenoxy) is 2.